The molecule has 64 valence electrons. The first-order chi connectivity index (χ1) is 5.09. The lowest BCUT2D eigenvalue weighted by Gasteiger charge is -2.09. The van der Waals surface area contributed by atoms with Crippen LogP contribution in [0.4, 0.5) is 0 Å². The minimum absolute atomic E-state index is 0.0651. The van der Waals surface area contributed by atoms with Crippen LogP contribution in [-0.4, -0.2) is 23.3 Å². The van der Waals surface area contributed by atoms with E-state index in [0.717, 1.165) is 6.42 Å². The van der Waals surface area contributed by atoms with Crippen LogP contribution in [0.3, 0.4) is 0 Å². The number of hydrogen-bond acceptors (Lipinski definition) is 2. The third-order valence-corrected chi connectivity index (χ3v) is 1.33. The van der Waals surface area contributed by atoms with Crippen molar-refractivity contribution < 1.29 is 9.90 Å². The smallest absolute Gasteiger partial charge is 0.328 e. The van der Waals surface area contributed by atoms with Crippen molar-refractivity contribution in [2.75, 3.05) is 0 Å². The van der Waals surface area contributed by atoms with Gasteiger partial charge in [-0.1, -0.05) is 20.8 Å². The second kappa shape index (κ2) is 4.88. The Kier molecular flexibility index (Phi) is 4.50. The zero-order valence-corrected chi connectivity index (χ0v) is 7.24. The lowest BCUT2D eigenvalue weighted by Crippen LogP contribution is -2.23. The van der Waals surface area contributed by atoms with Gasteiger partial charge in [-0.25, -0.2) is 4.79 Å². The molecule has 0 radical (unpaired) electrons. The molecule has 1 atom stereocenters. The molecule has 11 heavy (non-hydrogen) atoms. The van der Waals surface area contributed by atoms with Crippen LogP contribution in [0.1, 0.15) is 27.2 Å². The molecule has 0 aromatic rings. The fraction of sp³-hybridized carbons (Fsp3) is 0.750. The highest BCUT2D eigenvalue weighted by Crippen LogP contribution is 2.05. The average Bonchev–Trinajstić information content (AvgIpc) is 1.87. The molecule has 0 heterocycles. The lowest BCUT2D eigenvalue weighted by molar-refractivity contribution is -0.139. The summed E-state index contributed by atoms with van der Waals surface area (Å²) in [7, 11) is 0. The van der Waals surface area contributed by atoms with Crippen LogP contribution < -0.4 is 0 Å². The molecule has 0 saturated heterocycles. The fourth-order valence-electron chi connectivity index (χ4n) is 0.740. The van der Waals surface area contributed by atoms with Crippen molar-refractivity contribution in [2.45, 2.75) is 33.2 Å². The summed E-state index contributed by atoms with van der Waals surface area (Å²) in [5, 5.41) is 8.66. The van der Waals surface area contributed by atoms with E-state index in [1.807, 2.05) is 20.8 Å². The molecule has 0 bridgehead atoms. The normalized spacial score (nSPS) is 14.2. The Hall–Kier alpha value is -0.860. The first kappa shape index (κ1) is 10.1. The summed E-state index contributed by atoms with van der Waals surface area (Å²) in [5.74, 6) is -0.778. The van der Waals surface area contributed by atoms with E-state index in [1.54, 1.807) is 6.21 Å². The second-order valence-corrected chi connectivity index (χ2v) is 2.77. The maximum Gasteiger partial charge on any atom is 0.328 e. The number of aliphatic carboxylic acids is 1. The minimum Gasteiger partial charge on any atom is -0.480 e. The van der Waals surface area contributed by atoms with E-state index in [4.69, 9.17) is 5.11 Å². The Morgan fingerprint density at radius 3 is 2.45 bits per heavy atom. The largest absolute Gasteiger partial charge is 0.480 e. The molecule has 0 rings (SSSR count). The Balaban J connectivity index is 4.11. The van der Waals surface area contributed by atoms with Crippen LogP contribution in [0.25, 0.3) is 0 Å². The molecule has 0 aliphatic rings. The van der Waals surface area contributed by atoms with E-state index in [9.17, 15) is 4.79 Å². The number of hydrogen-bond donors (Lipinski definition) is 1. The van der Waals surface area contributed by atoms with Crippen molar-refractivity contribution in [1.29, 1.82) is 0 Å². The van der Waals surface area contributed by atoms with E-state index in [1.165, 1.54) is 0 Å². The number of carboxylic acid groups (broad SMARTS) is 1. The van der Waals surface area contributed by atoms with Gasteiger partial charge in [-0.2, -0.15) is 0 Å². The number of rotatable bonds is 4. The predicted molar refractivity (Wildman–Crippen MR) is 45.0 cm³/mol. The topological polar surface area (TPSA) is 49.7 Å². The standard InChI is InChI=1S/C8H15NO2/c1-4-5-9-7(6(2)3)8(10)11/h5-7H,4H2,1-3H3,(H,10,11)/t7-/m0/s1. The molecule has 3 nitrogen and oxygen atoms in total. The third kappa shape index (κ3) is 3.75. The van der Waals surface area contributed by atoms with Crippen molar-refractivity contribution in [3.8, 4) is 0 Å². The highest BCUT2D eigenvalue weighted by molar-refractivity contribution is 5.76. The molecule has 0 saturated carbocycles. The van der Waals surface area contributed by atoms with Crippen LogP contribution in [-0.2, 0) is 4.79 Å². The van der Waals surface area contributed by atoms with E-state index < -0.39 is 12.0 Å². The molecule has 1 N–H and O–H groups in total. The van der Waals surface area contributed by atoms with Gasteiger partial charge in [0.15, 0.2) is 0 Å². The number of aliphatic imine (C=N–C) groups is 1. The highest BCUT2D eigenvalue weighted by atomic mass is 16.4. The first-order valence-electron chi connectivity index (χ1n) is 3.84. The number of carboxylic acids is 1. The van der Waals surface area contributed by atoms with Gasteiger partial charge in [0.1, 0.15) is 6.04 Å². The van der Waals surface area contributed by atoms with Crippen molar-refractivity contribution >= 4 is 12.2 Å². The van der Waals surface area contributed by atoms with Gasteiger partial charge in [0.25, 0.3) is 0 Å². The number of nitrogens with zero attached hydrogens (tertiary/aromatic N) is 1. The quantitative estimate of drug-likeness (QED) is 0.630. The van der Waals surface area contributed by atoms with Gasteiger partial charge in [-0.05, 0) is 18.6 Å². The van der Waals surface area contributed by atoms with Gasteiger partial charge in [-0.3, -0.25) is 4.99 Å². The Morgan fingerprint density at radius 1 is 1.64 bits per heavy atom. The van der Waals surface area contributed by atoms with E-state index in [-0.39, 0.29) is 5.92 Å². The van der Waals surface area contributed by atoms with Crippen molar-refractivity contribution in [3.05, 3.63) is 0 Å². The Bertz CT molecular complexity index is 152. The second-order valence-electron chi connectivity index (χ2n) is 2.77. The summed E-state index contributed by atoms with van der Waals surface area (Å²) in [5.41, 5.74) is 0. The maximum absolute atomic E-state index is 10.5. The third-order valence-electron chi connectivity index (χ3n) is 1.33. The highest BCUT2D eigenvalue weighted by Gasteiger charge is 2.18. The number of carbonyl (C=O) groups is 1. The summed E-state index contributed by atoms with van der Waals surface area (Å²) in [6.07, 6.45) is 2.44. The van der Waals surface area contributed by atoms with Crippen LogP contribution in [0.5, 0.6) is 0 Å². The molecule has 3 heteroatoms. The minimum atomic E-state index is -0.843. The van der Waals surface area contributed by atoms with Crippen LogP contribution in [0.2, 0.25) is 0 Å². The Morgan fingerprint density at radius 2 is 2.18 bits per heavy atom. The molecular weight excluding hydrogens is 142 g/mol. The monoisotopic (exact) mass is 157 g/mol. The molecule has 0 aromatic heterocycles. The average molecular weight is 157 g/mol. The van der Waals surface area contributed by atoms with Gasteiger partial charge >= 0.3 is 5.97 Å². The van der Waals surface area contributed by atoms with Gasteiger partial charge in [0.2, 0.25) is 0 Å². The van der Waals surface area contributed by atoms with Gasteiger partial charge in [-0.15, -0.1) is 0 Å². The summed E-state index contributed by atoms with van der Waals surface area (Å²) >= 11 is 0. The van der Waals surface area contributed by atoms with Crippen LogP contribution in [0.15, 0.2) is 4.99 Å². The SMILES string of the molecule is CCC=N[C@H](C(=O)O)C(C)C. The van der Waals surface area contributed by atoms with E-state index in [2.05, 4.69) is 4.99 Å². The summed E-state index contributed by atoms with van der Waals surface area (Å²) in [4.78, 5) is 14.4. The van der Waals surface area contributed by atoms with Gasteiger partial charge in [0.05, 0.1) is 0 Å². The van der Waals surface area contributed by atoms with Crippen LogP contribution in [0, 0.1) is 5.92 Å². The molecule has 0 aliphatic carbocycles. The van der Waals surface area contributed by atoms with Gasteiger partial charge < -0.3 is 5.11 Å². The van der Waals surface area contributed by atoms with Crippen molar-refractivity contribution in [1.82, 2.24) is 0 Å². The fourth-order valence-corrected chi connectivity index (χ4v) is 0.740. The Labute approximate surface area is 67.1 Å². The van der Waals surface area contributed by atoms with E-state index >= 15 is 0 Å². The van der Waals surface area contributed by atoms with E-state index in [0.29, 0.717) is 0 Å². The zero-order chi connectivity index (χ0) is 8.85. The van der Waals surface area contributed by atoms with Crippen LogP contribution >= 0.6 is 0 Å². The maximum atomic E-state index is 10.5. The first-order valence-corrected chi connectivity index (χ1v) is 3.84. The summed E-state index contributed by atoms with van der Waals surface area (Å²) in [6, 6.07) is -0.574. The zero-order valence-electron chi connectivity index (χ0n) is 7.24. The molecule has 0 amide bonds. The van der Waals surface area contributed by atoms with Crippen molar-refractivity contribution in [2.24, 2.45) is 10.9 Å². The molecular formula is C8H15NO2. The molecule has 0 aliphatic heterocycles. The lowest BCUT2D eigenvalue weighted by atomic mass is 10.1. The molecule has 0 unspecified atom stereocenters. The summed E-state index contributed by atoms with van der Waals surface area (Å²) < 4.78 is 0. The van der Waals surface area contributed by atoms with Gasteiger partial charge in [0, 0.05) is 0 Å². The molecule has 0 fully saturated rings. The molecule has 0 aromatic carbocycles. The molecule has 0 spiro atoms. The predicted octanol–water partition coefficient (Wildman–Crippen LogP) is 1.58. The van der Waals surface area contributed by atoms with Crippen molar-refractivity contribution in [3.63, 3.8) is 0 Å². The summed E-state index contributed by atoms with van der Waals surface area (Å²) in [6.45, 7) is 5.64.